The van der Waals surface area contributed by atoms with Gasteiger partial charge in [-0.05, 0) is 18.3 Å². The third-order valence-electron chi connectivity index (χ3n) is 2.65. The molecule has 3 nitrogen and oxygen atoms in total. The van der Waals surface area contributed by atoms with Gasteiger partial charge in [0.2, 0.25) is 0 Å². The number of rotatable bonds is 2. The fourth-order valence-corrected chi connectivity index (χ4v) is 2.02. The monoisotopic (exact) mass is 209 g/mol. The fraction of sp³-hybridized carbons (Fsp3) is 0.667. The van der Waals surface area contributed by atoms with Gasteiger partial charge < -0.3 is 10.5 Å². The van der Waals surface area contributed by atoms with Gasteiger partial charge in [-0.3, -0.25) is 4.79 Å². The number of aliphatic hydroxyl groups excluding tert-OH is 1. The van der Waals surface area contributed by atoms with Crippen LogP contribution in [0.1, 0.15) is 46.5 Å². The van der Waals surface area contributed by atoms with Gasteiger partial charge >= 0.3 is 0 Å². The quantitative estimate of drug-likeness (QED) is 0.542. The number of aliphatic hydroxyl groups is 1. The first-order valence-corrected chi connectivity index (χ1v) is 5.40. The molecule has 84 valence electrons. The molecule has 0 heterocycles. The Morgan fingerprint density at radius 1 is 1.47 bits per heavy atom. The van der Waals surface area contributed by atoms with Crippen molar-refractivity contribution in [3.63, 3.8) is 0 Å². The Bertz CT molecular complexity index is 305. The first-order valence-electron chi connectivity index (χ1n) is 5.40. The van der Waals surface area contributed by atoms with Gasteiger partial charge in [0, 0.05) is 18.6 Å². The summed E-state index contributed by atoms with van der Waals surface area (Å²) in [4.78, 5) is 11.8. The maximum absolute atomic E-state index is 11.8. The maximum atomic E-state index is 11.8. The minimum atomic E-state index is -0.135. The van der Waals surface area contributed by atoms with Crippen LogP contribution in [0.5, 0.6) is 0 Å². The lowest BCUT2D eigenvalue weighted by atomic mass is 9.73. The largest absolute Gasteiger partial charge is 0.511 e. The predicted octanol–water partition coefficient (Wildman–Crippen LogP) is 3.01. The first-order chi connectivity index (χ1) is 6.87. The van der Waals surface area contributed by atoms with E-state index in [1.54, 1.807) is 0 Å². The molecule has 3 heteroatoms. The van der Waals surface area contributed by atoms with Crippen LogP contribution in [0.3, 0.4) is 0 Å². The van der Waals surface area contributed by atoms with Crippen molar-refractivity contribution >= 4 is 11.5 Å². The zero-order valence-electron chi connectivity index (χ0n) is 9.68. The van der Waals surface area contributed by atoms with Crippen LogP contribution in [-0.4, -0.2) is 16.6 Å². The van der Waals surface area contributed by atoms with E-state index >= 15 is 0 Å². The molecular formula is C12H19NO2. The second-order valence-corrected chi connectivity index (χ2v) is 4.99. The van der Waals surface area contributed by atoms with Crippen molar-refractivity contribution in [1.29, 1.82) is 5.41 Å². The van der Waals surface area contributed by atoms with E-state index in [9.17, 15) is 9.90 Å². The summed E-state index contributed by atoms with van der Waals surface area (Å²) in [5.41, 5.74) is 0.433. The average molecular weight is 209 g/mol. The lowest BCUT2D eigenvalue weighted by Gasteiger charge is -2.30. The van der Waals surface area contributed by atoms with Crippen molar-refractivity contribution < 1.29 is 9.90 Å². The molecule has 1 saturated carbocycles. The Morgan fingerprint density at radius 3 is 2.53 bits per heavy atom. The van der Waals surface area contributed by atoms with Crippen LogP contribution in [0.2, 0.25) is 0 Å². The van der Waals surface area contributed by atoms with Gasteiger partial charge in [-0.2, -0.15) is 0 Å². The summed E-state index contributed by atoms with van der Waals surface area (Å²) in [6.07, 6.45) is 2.28. The zero-order valence-corrected chi connectivity index (χ0v) is 9.68. The van der Waals surface area contributed by atoms with Crippen molar-refractivity contribution in [2.45, 2.75) is 46.5 Å². The number of hydrogen-bond acceptors (Lipinski definition) is 3. The van der Waals surface area contributed by atoms with Crippen LogP contribution in [0.4, 0.5) is 0 Å². The number of Topliss-reactive ketones (excluding diaryl/α,β-unsaturated/α-hetero) is 1. The summed E-state index contributed by atoms with van der Waals surface area (Å²) < 4.78 is 0. The Labute approximate surface area is 90.7 Å². The van der Waals surface area contributed by atoms with Crippen LogP contribution in [0.15, 0.2) is 11.3 Å². The van der Waals surface area contributed by atoms with Gasteiger partial charge in [-0.15, -0.1) is 0 Å². The molecule has 0 amide bonds. The van der Waals surface area contributed by atoms with Crippen molar-refractivity contribution in [3.8, 4) is 0 Å². The molecule has 0 spiro atoms. The Hall–Kier alpha value is -1.12. The molecule has 1 aliphatic carbocycles. The number of nitrogens with one attached hydrogen (secondary N) is 1. The van der Waals surface area contributed by atoms with Gasteiger partial charge in [0.25, 0.3) is 0 Å². The number of carbonyl (C=O) groups is 1. The lowest BCUT2D eigenvalue weighted by molar-refractivity contribution is -0.117. The Kier molecular flexibility index (Phi) is 3.32. The molecule has 0 bridgehead atoms. The molecule has 15 heavy (non-hydrogen) atoms. The highest BCUT2D eigenvalue weighted by Gasteiger charge is 2.35. The average Bonchev–Trinajstić information content (AvgIpc) is 1.99. The van der Waals surface area contributed by atoms with E-state index in [0.29, 0.717) is 25.0 Å². The number of ketones is 1. The molecule has 0 aromatic carbocycles. The molecule has 0 radical (unpaired) electrons. The zero-order chi connectivity index (χ0) is 11.6. The second-order valence-electron chi connectivity index (χ2n) is 4.99. The molecular weight excluding hydrogens is 190 g/mol. The van der Waals surface area contributed by atoms with Gasteiger partial charge in [-0.25, -0.2) is 0 Å². The molecule has 0 aliphatic heterocycles. The molecule has 0 atom stereocenters. The van der Waals surface area contributed by atoms with Gasteiger partial charge in [0.05, 0.1) is 5.57 Å². The molecule has 0 saturated heterocycles. The molecule has 0 unspecified atom stereocenters. The summed E-state index contributed by atoms with van der Waals surface area (Å²) in [6.45, 7) is 5.90. The summed E-state index contributed by atoms with van der Waals surface area (Å²) in [6, 6.07) is 0. The minimum Gasteiger partial charge on any atom is -0.511 e. The molecule has 1 fully saturated rings. The normalized spacial score (nSPS) is 24.2. The van der Waals surface area contributed by atoms with E-state index in [1.807, 2.05) is 20.8 Å². The summed E-state index contributed by atoms with van der Waals surface area (Å²) >= 11 is 0. The highest BCUT2D eigenvalue weighted by atomic mass is 16.3. The maximum Gasteiger partial charge on any atom is 0.168 e. The van der Waals surface area contributed by atoms with Crippen LogP contribution >= 0.6 is 0 Å². The molecule has 2 N–H and O–H groups in total. The molecule has 0 aromatic rings. The molecule has 0 aromatic heterocycles. The predicted molar refractivity (Wildman–Crippen MR) is 60.3 cm³/mol. The van der Waals surface area contributed by atoms with E-state index in [0.717, 1.165) is 6.42 Å². The van der Waals surface area contributed by atoms with Crippen molar-refractivity contribution in [1.82, 2.24) is 0 Å². The molecule has 1 aliphatic rings. The van der Waals surface area contributed by atoms with Gasteiger partial charge in [-0.1, -0.05) is 20.8 Å². The summed E-state index contributed by atoms with van der Waals surface area (Å²) in [5.74, 6) is 0.0187. The van der Waals surface area contributed by atoms with Crippen LogP contribution in [0.25, 0.3) is 0 Å². The van der Waals surface area contributed by atoms with Gasteiger partial charge in [0.15, 0.2) is 5.78 Å². The number of hydrogen-bond donors (Lipinski definition) is 2. The fourth-order valence-electron chi connectivity index (χ4n) is 2.02. The van der Waals surface area contributed by atoms with Gasteiger partial charge in [0.1, 0.15) is 5.76 Å². The van der Waals surface area contributed by atoms with E-state index in [-0.39, 0.29) is 22.5 Å². The van der Waals surface area contributed by atoms with Crippen LogP contribution in [-0.2, 0) is 4.79 Å². The van der Waals surface area contributed by atoms with Crippen molar-refractivity contribution in [2.24, 2.45) is 5.41 Å². The lowest BCUT2D eigenvalue weighted by Crippen LogP contribution is -2.32. The summed E-state index contributed by atoms with van der Waals surface area (Å²) in [5, 5.41) is 17.5. The topological polar surface area (TPSA) is 61.1 Å². The van der Waals surface area contributed by atoms with Crippen molar-refractivity contribution in [2.75, 3.05) is 0 Å². The third kappa shape index (κ3) is 2.67. The highest BCUT2D eigenvalue weighted by Crippen LogP contribution is 2.34. The van der Waals surface area contributed by atoms with E-state index in [4.69, 9.17) is 5.41 Å². The van der Waals surface area contributed by atoms with Crippen LogP contribution in [0, 0.1) is 10.8 Å². The van der Waals surface area contributed by atoms with E-state index < -0.39 is 0 Å². The van der Waals surface area contributed by atoms with Crippen LogP contribution < -0.4 is 0 Å². The van der Waals surface area contributed by atoms with E-state index in [2.05, 4.69) is 0 Å². The van der Waals surface area contributed by atoms with Crippen molar-refractivity contribution in [3.05, 3.63) is 11.3 Å². The summed E-state index contributed by atoms with van der Waals surface area (Å²) in [7, 11) is 0. The Balaban J connectivity index is 2.98. The third-order valence-corrected chi connectivity index (χ3v) is 2.65. The highest BCUT2D eigenvalue weighted by molar-refractivity contribution is 6.23. The Morgan fingerprint density at radius 2 is 2.07 bits per heavy atom. The molecule has 1 rings (SSSR count). The second kappa shape index (κ2) is 4.17. The van der Waals surface area contributed by atoms with E-state index in [1.165, 1.54) is 0 Å². The standard InChI is InChI=1S/C12H19NO2/c1-4-5-9(14)11-8(13)6-12(2,3)7-10(11)15/h13-14H,4-7H2,1-3H3. The smallest absolute Gasteiger partial charge is 0.168 e. The first kappa shape index (κ1) is 12.0. The number of allylic oxidation sites excluding steroid dienone is 2. The number of carbonyl (C=O) groups excluding carboxylic acids is 1. The minimum absolute atomic E-state index is 0.0813. The SMILES string of the molecule is CCCC(O)=C1C(=N)CC(C)(C)CC1=O.